The van der Waals surface area contributed by atoms with Gasteiger partial charge in [-0.05, 0) is 30.5 Å². The van der Waals surface area contributed by atoms with Gasteiger partial charge in [-0.2, -0.15) is 5.10 Å². The quantitative estimate of drug-likeness (QED) is 0.904. The molecule has 5 heteroatoms. The molecule has 90 valence electrons. The fourth-order valence-electron chi connectivity index (χ4n) is 1.85. The van der Waals surface area contributed by atoms with Crippen molar-refractivity contribution in [2.45, 2.75) is 18.9 Å². The van der Waals surface area contributed by atoms with E-state index in [9.17, 15) is 0 Å². The number of hydrogen-bond acceptors (Lipinski definition) is 3. The standard InChI is InChI=1S/C12H15ClN4/c1-17-12(10(13)8-16-17)11(14)3-2-9-4-6-15-7-5-9/h4-8,11H,2-3,14H2,1H3. The Hall–Kier alpha value is -1.39. The van der Waals surface area contributed by atoms with Crippen LogP contribution < -0.4 is 5.73 Å². The van der Waals surface area contributed by atoms with Crippen LogP contribution in [-0.4, -0.2) is 14.8 Å². The van der Waals surface area contributed by atoms with Crippen molar-refractivity contribution < 1.29 is 0 Å². The normalized spacial score (nSPS) is 12.6. The van der Waals surface area contributed by atoms with Gasteiger partial charge >= 0.3 is 0 Å². The molecule has 0 aliphatic heterocycles. The molecule has 0 saturated carbocycles. The second-order valence-corrected chi connectivity index (χ2v) is 4.41. The van der Waals surface area contributed by atoms with Crippen LogP contribution in [0.3, 0.4) is 0 Å². The molecule has 2 N–H and O–H groups in total. The van der Waals surface area contributed by atoms with Gasteiger partial charge in [-0.3, -0.25) is 9.67 Å². The van der Waals surface area contributed by atoms with Crippen LogP contribution in [0.15, 0.2) is 30.7 Å². The molecule has 0 aliphatic rings. The number of aryl methyl sites for hydroxylation is 2. The van der Waals surface area contributed by atoms with Crippen molar-refractivity contribution in [1.82, 2.24) is 14.8 Å². The van der Waals surface area contributed by atoms with E-state index in [1.807, 2.05) is 19.2 Å². The molecule has 2 rings (SSSR count). The average Bonchev–Trinajstić information content (AvgIpc) is 2.67. The minimum Gasteiger partial charge on any atom is -0.323 e. The summed E-state index contributed by atoms with van der Waals surface area (Å²) in [5.41, 5.74) is 8.25. The molecule has 0 aromatic carbocycles. The number of pyridine rings is 1. The van der Waals surface area contributed by atoms with E-state index >= 15 is 0 Å². The summed E-state index contributed by atoms with van der Waals surface area (Å²) in [6.07, 6.45) is 6.95. The van der Waals surface area contributed by atoms with Crippen LogP contribution >= 0.6 is 11.6 Å². The van der Waals surface area contributed by atoms with Crippen LogP contribution in [0.25, 0.3) is 0 Å². The fraction of sp³-hybridized carbons (Fsp3) is 0.333. The van der Waals surface area contributed by atoms with Gasteiger partial charge in [-0.25, -0.2) is 0 Å². The summed E-state index contributed by atoms with van der Waals surface area (Å²) in [5.74, 6) is 0. The fourth-order valence-corrected chi connectivity index (χ4v) is 2.15. The largest absolute Gasteiger partial charge is 0.323 e. The molecular weight excluding hydrogens is 236 g/mol. The molecule has 0 bridgehead atoms. The summed E-state index contributed by atoms with van der Waals surface area (Å²) in [7, 11) is 1.85. The van der Waals surface area contributed by atoms with Crippen molar-refractivity contribution in [1.29, 1.82) is 0 Å². The SMILES string of the molecule is Cn1ncc(Cl)c1C(N)CCc1ccncc1. The van der Waals surface area contributed by atoms with Gasteiger partial charge < -0.3 is 5.73 Å². The maximum atomic E-state index is 6.13. The van der Waals surface area contributed by atoms with Gasteiger partial charge in [0.25, 0.3) is 0 Å². The topological polar surface area (TPSA) is 56.7 Å². The van der Waals surface area contributed by atoms with Gasteiger partial charge in [-0.15, -0.1) is 0 Å². The Morgan fingerprint density at radius 1 is 1.41 bits per heavy atom. The highest BCUT2D eigenvalue weighted by Gasteiger charge is 2.14. The second-order valence-electron chi connectivity index (χ2n) is 4.00. The molecule has 17 heavy (non-hydrogen) atoms. The lowest BCUT2D eigenvalue weighted by Gasteiger charge is -2.12. The highest BCUT2D eigenvalue weighted by atomic mass is 35.5. The Balaban J connectivity index is 2.01. The predicted molar refractivity (Wildman–Crippen MR) is 67.7 cm³/mol. The van der Waals surface area contributed by atoms with E-state index in [1.165, 1.54) is 5.56 Å². The molecule has 1 atom stereocenters. The lowest BCUT2D eigenvalue weighted by atomic mass is 10.0. The van der Waals surface area contributed by atoms with Crippen molar-refractivity contribution in [2.75, 3.05) is 0 Å². The van der Waals surface area contributed by atoms with Crippen LogP contribution in [0.4, 0.5) is 0 Å². The zero-order valence-corrected chi connectivity index (χ0v) is 10.4. The van der Waals surface area contributed by atoms with Crippen LogP contribution in [0.1, 0.15) is 23.7 Å². The van der Waals surface area contributed by atoms with E-state index in [0.29, 0.717) is 5.02 Å². The summed E-state index contributed by atoms with van der Waals surface area (Å²) in [6, 6.07) is 3.90. The first-order valence-electron chi connectivity index (χ1n) is 5.50. The Morgan fingerprint density at radius 2 is 2.12 bits per heavy atom. The molecule has 0 fully saturated rings. The van der Waals surface area contributed by atoms with E-state index in [4.69, 9.17) is 17.3 Å². The molecule has 0 saturated heterocycles. The van der Waals surface area contributed by atoms with Crippen molar-refractivity contribution in [3.05, 3.63) is 47.0 Å². The first-order chi connectivity index (χ1) is 8.18. The maximum Gasteiger partial charge on any atom is 0.0833 e. The van der Waals surface area contributed by atoms with E-state index in [1.54, 1.807) is 23.3 Å². The third-order valence-electron chi connectivity index (χ3n) is 2.78. The minimum atomic E-state index is -0.0943. The first kappa shape index (κ1) is 12.1. The Labute approximate surface area is 105 Å². The van der Waals surface area contributed by atoms with Crippen LogP contribution in [0.2, 0.25) is 5.02 Å². The lowest BCUT2D eigenvalue weighted by Crippen LogP contribution is -2.16. The van der Waals surface area contributed by atoms with E-state index in [0.717, 1.165) is 18.5 Å². The average molecular weight is 251 g/mol. The van der Waals surface area contributed by atoms with Gasteiger partial charge in [0, 0.05) is 25.5 Å². The van der Waals surface area contributed by atoms with Crippen molar-refractivity contribution in [3.63, 3.8) is 0 Å². The number of hydrogen-bond donors (Lipinski definition) is 1. The Bertz CT molecular complexity index is 461. The molecule has 0 aliphatic carbocycles. The summed E-state index contributed by atoms with van der Waals surface area (Å²) in [5, 5.41) is 4.72. The molecule has 1 unspecified atom stereocenters. The van der Waals surface area contributed by atoms with Gasteiger partial charge in [-0.1, -0.05) is 11.6 Å². The molecule has 0 radical (unpaired) electrons. The summed E-state index contributed by atoms with van der Waals surface area (Å²) >= 11 is 6.05. The van der Waals surface area contributed by atoms with Crippen molar-refractivity contribution in [3.8, 4) is 0 Å². The van der Waals surface area contributed by atoms with Crippen LogP contribution in [0, 0.1) is 0 Å². The van der Waals surface area contributed by atoms with Gasteiger partial charge in [0.1, 0.15) is 0 Å². The number of nitrogens with two attached hydrogens (primary N) is 1. The number of rotatable bonds is 4. The second kappa shape index (κ2) is 5.29. The number of nitrogens with zero attached hydrogens (tertiary/aromatic N) is 3. The van der Waals surface area contributed by atoms with Gasteiger partial charge in [0.15, 0.2) is 0 Å². The molecule has 4 nitrogen and oxygen atoms in total. The molecular formula is C12H15ClN4. The highest BCUT2D eigenvalue weighted by Crippen LogP contribution is 2.23. The Morgan fingerprint density at radius 3 is 2.71 bits per heavy atom. The maximum absolute atomic E-state index is 6.13. The predicted octanol–water partition coefficient (Wildman–Crippen LogP) is 2.10. The van der Waals surface area contributed by atoms with Crippen LogP contribution in [-0.2, 0) is 13.5 Å². The first-order valence-corrected chi connectivity index (χ1v) is 5.88. The number of aromatic nitrogens is 3. The van der Waals surface area contributed by atoms with E-state index in [-0.39, 0.29) is 6.04 Å². The molecule has 0 amide bonds. The molecule has 2 aromatic rings. The number of halogens is 1. The van der Waals surface area contributed by atoms with Crippen molar-refractivity contribution >= 4 is 11.6 Å². The zero-order chi connectivity index (χ0) is 12.3. The van der Waals surface area contributed by atoms with Crippen molar-refractivity contribution in [2.24, 2.45) is 12.8 Å². The molecule has 0 spiro atoms. The summed E-state index contributed by atoms with van der Waals surface area (Å²) in [4.78, 5) is 3.98. The smallest absolute Gasteiger partial charge is 0.0833 e. The summed E-state index contributed by atoms with van der Waals surface area (Å²) < 4.78 is 1.74. The van der Waals surface area contributed by atoms with E-state index in [2.05, 4.69) is 10.1 Å². The van der Waals surface area contributed by atoms with Gasteiger partial charge in [0.05, 0.1) is 16.9 Å². The minimum absolute atomic E-state index is 0.0943. The highest BCUT2D eigenvalue weighted by molar-refractivity contribution is 6.31. The van der Waals surface area contributed by atoms with Crippen LogP contribution in [0.5, 0.6) is 0 Å². The molecule has 2 aromatic heterocycles. The van der Waals surface area contributed by atoms with E-state index < -0.39 is 0 Å². The Kier molecular flexibility index (Phi) is 3.76. The lowest BCUT2D eigenvalue weighted by molar-refractivity contribution is 0.582. The summed E-state index contributed by atoms with van der Waals surface area (Å²) in [6.45, 7) is 0. The third kappa shape index (κ3) is 2.84. The monoisotopic (exact) mass is 250 g/mol. The zero-order valence-electron chi connectivity index (χ0n) is 9.68. The van der Waals surface area contributed by atoms with Gasteiger partial charge in [0.2, 0.25) is 0 Å². The third-order valence-corrected chi connectivity index (χ3v) is 3.07. The molecule has 2 heterocycles.